The number of carbonyl (C=O) groups is 4. The Morgan fingerprint density at radius 1 is 1.03 bits per heavy atom. The number of nitrogens with two attached hydrogens (primary N) is 1. The fourth-order valence-electron chi connectivity index (χ4n) is 2.70. The number of carbonyl (C=O) groups excluding carboxylic acids is 2. The normalized spacial score (nSPS) is 14.8. The van der Waals surface area contributed by atoms with E-state index in [-0.39, 0.29) is 30.9 Å². The highest BCUT2D eigenvalue weighted by molar-refractivity contribution is 5.92. The summed E-state index contributed by atoms with van der Waals surface area (Å²) in [5, 5.41) is 32.5. The standard InChI is InChI=1S/C20H29N3O7/c1-3-11(2)17(23-18(27)14(21)8-9-16(25)26)19(28)22-15(20(29)30)10-12-4-6-13(24)7-5-12/h4-7,11,14-15,17,24H,3,8-10,21H2,1-2H3,(H,22,28)(H,23,27)(H,25,26)(H,29,30). The summed E-state index contributed by atoms with van der Waals surface area (Å²) >= 11 is 0. The van der Waals surface area contributed by atoms with Crippen molar-refractivity contribution in [1.82, 2.24) is 10.6 Å². The average molecular weight is 423 g/mol. The van der Waals surface area contributed by atoms with Gasteiger partial charge in [0.05, 0.1) is 6.04 Å². The van der Waals surface area contributed by atoms with Gasteiger partial charge in [0.1, 0.15) is 17.8 Å². The first kappa shape index (κ1) is 24.9. The Morgan fingerprint density at radius 3 is 2.13 bits per heavy atom. The van der Waals surface area contributed by atoms with Crippen LogP contribution in [0.3, 0.4) is 0 Å². The van der Waals surface area contributed by atoms with Crippen LogP contribution >= 0.6 is 0 Å². The summed E-state index contributed by atoms with van der Waals surface area (Å²) in [5.74, 6) is -3.97. The van der Waals surface area contributed by atoms with Crippen LogP contribution in [0.5, 0.6) is 5.75 Å². The number of hydrogen-bond acceptors (Lipinski definition) is 6. The molecule has 10 nitrogen and oxygen atoms in total. The third-order valence-electron chi connectivity index (χ3n) is 4.79. The van der Waals surface area contributed by atoms with E-state index in [9.17, 15) is 29.4 Å². The Hall–Kier alpha value is -3.14. The van der Waals surface area contributed by atoms with Crippen molar-refractivity contribution in [2.75, 3.05) is 0 Å². The maximum atomic E-state index is 12.8. The summed E-state index contributed by atoms with van der Waals surface area (Å²) in [7, 11) is 0. The molecule has 1 aromatic rings. The number of nitrogens with one attached hydrogen (secondary N) is 2. The Balaban J connectivity index is 2.86. The van der Waals surface area contributed by atoms with E-state index in [0.717, 1.165) is 0 Å². The van der Waals surface area contributed by atoms with Crippen LogP contribution in [0.15, 0.2) is 24.3 Å². The molecular formula is C20H29N3O7. The molecule has 0 spiro atoms. The van der Waals surface area contributed by atoms with Crippen molar-refractivity contribution in [2.45, 2.75) is 57.7 Å². The van der Waals surface area contributed by atoms with Gasteiger partial charge in [-0.1, -0.05) is 32.4 Å². The zero-order chi connectivity index (χ0) is 22.8. The molecule has 4 unspecified atom stereocenters. The van der Waals surface area contributed by atoms with Gasteiger partial charge in [-0.15, -0.1) is 0 Å². The molecule has 0 aliphatic rings. The molecule has 2 amide bonds. The van der Waals surface area contributed by atoms with Crippen LogP contribution in [0.1, 0.15) is 38.7 Å². The topological polar surface area (TPSA) is 179 Å². The van der Waals surface area contributed by atoms with Crippen LogP contribution in [0.25, 0.3) is 0 Å². The van der Waals surface area contributed by atoms with Gasteiger partial charge in [-0.2, -0.15) is 0 Å². The summed E-state index contributed by atoms with van der Waals surface area (Å²) in [6.45, 7) is 3.54. The molecule has 1 aromatic carbocycles. The largest absolute Gasteiger partial charge is 0.508 e. The lowest BCUT2D eigenvalue weighted by atomic mass is 9.96. The molecule has 166 valence electrons. The molecule has 0 saturated heterocycles. The molecule has 30 heavy (non-hydrogen) atoms. The molecule has 4 atom stereocenters. The Morgan fingerprint density at radius 2 is 1.63 bits per heavy atom. The van der Waals surface area contributed by atoms with Gasteiger partial charge in [0.15, 0.2) is 0 Å². The van der Waals surface area contributed by atoms with Crippen LogP contribution in [0.2, 0.25) is 0 Å². The first-order valence-electron chi connectivity index (χ1n) is 9.64. The van der Waals surface area contributed by atoms with E-state index in [0.29, 0.717) is 12.0 Å². The smallest absolute Gasteiger partial charge is 0.326 e. The number of rotatable bonds is 12. The number of carboxylic acid groups (broad SMARTS) is 2. The van der Waals surface area contributed by atoms with Gasteiger partial charge in [-0.3, -0.25) is 14.4 Å². The molecule has 0 heterocycles. The highest BCUT2D eigenvalue weighted by Crippen LogP contribution is 2.13. The minimum absolute atomic E-state index is 0.0132. The van der Waals surface area contributed by atoms with E-state index in [4.69, 9.17) is 10.8 Å². The number of carboxylic acids is 2. The number of phenolic OH excluding ortho intramolecular Hbond substituents is 1. The maximum Gasteiger partial charge on any atom is 0.326 e. The van der Waals surface area contributed by atoms with Crippen molar-refractivity contribution in [3.63, 3.8) is 0 Å². The second-order valence-electron chi connectivity index (χ2n) is 7.18. The third kappa shape index (κ3) is 8.08. The van der Waals surface area contributed by atoms with E-state index in [1.807, 2.05) is 6.92 Å². The lowest BCUT2D eigenvalue weighted by molar-refractivity contribution is -0.142. The van der Waals surface area contributed by atoms with Gasteiger partial charge >= 0.3 is 11.9 Å². The van der Waals surface area contributed by atoms with Gasteiger partial charge < -0.3 is 31.7 Å². The number of amides is 2. The Kier molecular flexibility index (Phi) is 9.76. The van der Waals surface area contributed by atoms with Crippen molar-refractivity contribution in [3.8, 4) is 5.75 Å². The average Bonchev–Trinajstić information content (AvgIpc) is 2.70. The highest BCUT2D eigenvalue weighted by Gasteiger charge is 2.31. The van der Waals surface area contributed by atoms with Crippen molar-refractivity contribution in [1.29, 1.82) is 0 Å². The lowest BCUT2D eigenvalue weighted by Crippen LogP contribution is -2.57. The summed E-state index contributed by atoms with van der Waals surface area (Å²) in [6, 6.07) is 2.55. The number of phenols is 1. The fraction of sp³-hybridized carbons (Fsp3) is 0.500. The first-order valence-corrected chi connectivity index (χ1v) is 9.64. The van der Waals surface area contributed by atoms with E-state index < -0.39 is 41.9 Å². The quantitative estimate of drug-likeness (QED) is 0.276. The molecule has 10 heteroatoms. The summed E-state index contributed by atoms with van der Waals surface area (Å²) in [5.41, 5.74) is 6.30. The van der Waals surface area contributed by atoms with Gasteiger partial charge in [0.2, 0.25) is 11.8 Å². The summed E-state index contributed by atoms with van der Waals surface area (Å²) in [4.78, 5) is 47.3. The van der Waals surface area contributed by atoms with E-state index >= 15 is 0 Å². The van der Waals surface area contributed by atoms with Crippen LogP contribution < -0.4 is 16.4 Å². The van der Waals surface area contributed by atoms with E-state index in [1.165, 1.54) is 12.1 Å². The molecule has 0 bridgehead atoms. The molecule has 0 saturated carbocycles. The molecule has 0 aliphatic carbocycles. The van der Waals surface area contributed by atoms with E-state index in [2.05, 4.69) is 10.6 Å². The zero-order valence-corrected chi connectivity index (χ0v) is 17.0. The van der Waals surface area contributed by atoms with Gasteiger partial charge in [-0.05, 0) is 30.0 Å². The molecule has 0 fully saturated rings. The monoisotopic (exact) mass is 423 g/mol. The molecular weight excluding hydrogens is 394 g/mol. The van der Waals surface area contributed by atoms with Gasteiger partial charge in [0, 0.05) is 12.8 Å². The van der Waals surface area contributed by atoms with Gasteiger partial charge in [-0.25, -0.2) is 4.79 Å². The number of hydrogen-bond donors (Lipinski definition) is 6. The van der Waals surface area contributed by atoms with Crippen molar-refractivity contribution >= 4 is 23.8 Å². The van der Waals surface area contributed by atoms with Crippen molar-refractivity contribution in [3.05, 3.63) is 29.8 Å². The Labute approximate surface area is 174 Å². The highest BCUT2D eigenvalue weighted by atomic mass is 16.4. The zero-order valence-electron chi connectivity index (χ0n) is 17.0. The molecule has 0 aromatic heterocycles. The predicted molar refractivity (Wildman–Crippen MR) is 108 cm³/mol. The lowest BCUT2D eigenvalue weighted by Gasteiger charge is -2.26. The summed E-state index contributed by atoms with van der Waals surface area (Å²) in [6.07, 6.45) is 0.135. The second kappa shape index (κ2) is 11.8. The molecule has 0 aliphatic heterocycles. The van der Waals surface area contributed by atoms with Gasteiger partial charge in [0.25, 0.3) is 0 Å². The molecule has 1 rings (SSSR count). The fourth-order valence-corrected chi connectivity index (χ4v) is 2.70. The number of aromatic hydroxyl groups is 1. The first-order chi connectivity index (χ1) is 14.0. The number of aliphatic carboxylic acids is 2. The van der Waals surface area contributed by atoms with Crippen LogP contribution in [0, 0.1) is 5.92 Å². The van der Waals surface area contributed by atoms with Crippen molar-refractivity contribution < 1.29 is 34.5 Å². The second-order valence-corrected chi connectivity index (χ2v) is 7.18. The maximum absolute atomic E-state index is 12.8. The van der Waals surface area contributed by atoms with Crippen LogP contribution in [-0.4, -0.2) is 57.2 Å². The summed E-state index contributed by atoms with van der Waals surface area (Å²) < 4.78 is 0. The SMILES string of the molecule is CCC(C)C(NC(=O)C(N)CCC(=O)O)C(=O)NC(Cc1ccc(O)cc1)C(=O)O. The number of benzene rings is 1. The molecule has 0 radical (unpaired) electrons. The minimum Gasteiger partial charge on any atom is -0.508 e. The Bertz CT molecular complexity index is 751. The minimum atomic E-state index is -1.25. The molecule has 7 N–H and O–H groups in total. The van der Waals surface area contributed by atoms with Crippen molar-refractivity contribution in [2.24, 2.45) is 11.7 Å². The van der Waals surface area contributed by atoms with Crippen LogP contribution in [-0.2, 0) is 25.6 Å². The third-order valence-corrected chi connectivity index (χ3v) is 4.79. The van der Waals surface area contributed by atoms with Crippen LogP contribution in [0.4, 0.5) is 0 Å². The predicted octanol–water partition coefficient (Wildman–Crippen LogP) is 0.227. The van der Waals surface area contributed by atoms with E-state index in [1.54, 1.807) is 19.1 Å².